The van der Waals surface area contributed by atoms with Crippen molar-refractivity contribution in [1.82, 2.24) is 10.2 Å². The molecule has 0 atom stereocenters. The third kappa shape index (κ3) is 5.96. The van der Waals surface area contributed by atoms with Gasteiger partial charge >= 0.3 is 6.03 Å². The lowest BCUT2D eigenvalue weighted by Gasteiger charge is -2.21. The van der Waals surface area contributed by atoms with Gasteiger partial charge in [0.15, 0.2) is 0 Å². The number of hydrogen-bond acceptors (Lipinski definition) is 4. The zero-order valence-electron chi connectivity index (χ0n) is 14.6. The van der Waals surface area contributed by atoms with Crippen molar-refractivity contribution >= 4 is 23.3 Å². The lowest BCUT2D eigenvalue weighted by molar-refractivity contribution is -0.383. The van der Waals surface area contributed by atoms with Gasteiger partial charge in [-0.25, -0.2) is 4.79 Å². The van der Waals surface area contributed by atoms with E-state index in [4.69, 9.17) is 0 Å². The molecular weight excluding hydrogens is 348 g/mol. The first kappa shape index (κ1) is 19.6. The average Bonchev–Trinajstić information content (AvgIpc) is 2.67. The Bertz CT molecular complexity index is 823. The van der Waals surface area contributed by atoms with E-state index < -0.39 is 11.0 Å². The van der Waals surface area contributed by atoms with Gasteiger partial charge in [0, 0.05) is 19.2 Å². The number of nitrogens with one attached hydrogen (secondary N) is 2. The summed E-state index contributed by atoms with van der Waals surface area (Å²) in [5.41, 5.74) is 0.785. The molecule has 2 N–H and O–H groups in total. The van der Waals surface area contributed by atoms with Crippen LogP contribution in [0.4, 0.5) is 16.2 Å². The predicted molar refractivity (Wildman–Crippen MR) is 102 cm³/mol. The molecule has 2 aromatic carbocycles. The standard InChI is InChI=1S/C19H20N4O4/c1-2-12-22(14-15-8-4-3-5-9-15)18(24)13-20-19(25)21-16-10-6-7-11-17(16)23(26)27/h2-11H,1,12-14H2,(H2,20,21,25). The molecule has 2 rings (SSSR count). The topological polar surface area (TPSA) is 105 Å². The normalized spacial score (nSPS) is 9.93. The minimum Gasteiger partial charge on any atom is -0.333 e. The molecule has 0 saturated carbocycles. The number of carbonyl (C=O) groups excluding carboxylic acids is 2. The highest BCUT2D eigenvalue weighted by Crippen LogP contribution is 2.22. The molecule has 0 aromatic heterocycles. The average molecular weight is 368 g/mol. The van der Waals surface area contributed by atoms with Gasteiger partial charge in [0.25, 0.3) is 5.69 Å². The summed E-state index contributed by atoms with van der Waals surface area (Å²) < 4.78 is 0. The molecule has 0 spiro atoms. The molecule has 3 amide bonds. The molecule has 0 fully saturated rings. The summed E-state index contributed by atoms with van der Waals surface area (Å²) in [6, 6.07) is 14.5. The van der Waals surface area contributed by atoms with Crippen LogP contribution in [0.3, 0.4) is 0 Å². The second kappa shape index (κ2) is 9.71. The number of urea groups is 1. The summed E-state index contributed by atoms with van der Waals surface area (Å²) in [5, 5.41) is 15.8. The largest absolute Gasteiger partial charge is 0.333 e. The molecular formula is C19H20N4O4. The molecule has 0 aliphatic carbocycles. The molecule has 0 radical (unpaired) electrons. The molecule has 27 heavy (non-hydrogen) atoms. The van der Waals surface area contributed by atoms with E-state index in [2.05, 4.69) is 17.2 Å². The Hall–Kier alpha value is -3.68. The first-order chi connectivity index (χ1) is 13.0. The van der Waals surface area contributed by atoms with Gasteiger partial charge < -0.3 is 15.5 Å². The van der Waals surface area contributed by atoms with E-state index >= 15 is 0 Å². The Morgan fingerprint density at radius 1 is 1.11 bits per heavy atom. The van der Waals surface area contributed by atoms with Crippen LogP contribution in [0.1, 0.15) is 5.56 Å². The van der Waals surface area contributed by atoms with E-state index in [-0.39, 0.29) is 23.8 Å². The maximum absolute atomic E-state index is 12.4. The molecule has 0 aliphatic heterocycles. The van der Waals surface area contributed by atoms with Gasteiger partial charge in [-0.1, -0.05) is 48.5 Å². The van der Waals surface area contributed by atoms with Crippen molar-refractivity contribution in [1.29, 1.82) is 0 Å². The van der Waals surface area contributed by atoms with Crippen molar-refractivity contribution in [2.45, 2.75) is 6.54 Å². The molecule has 8 heteroatoms. The van der Waals surface area contributed by atoms with Crippen LogP contribution in [0.15, 0.2) is 67.3 Å². The van der Waals surface area contributed by atoms with E-state index in [1.54, 1.807) is 17.0 Å². The monoisotopic (exact) mass is 368 g/mol. The highest BCUT2D eigenvalue weighted by atomic mass is 16.6. The van der Waals surface area contributed by atoms with Gasteiger partial charge in [0.1, 0.15) is 5.69 Å². The summed E-state index contributed by atoms with van der Waals surface area (Å²) in [6.07, 6.45) is 1.61. The second-order valence-corrected chi connectivity index (χ2v) is 5.63. The van der Waals surface area contributed by atoms with E-state index in [1.165, 1.54) is 18.2 Å². The first-order valence-corrected chi connectivity index (χ1v) is 8.22. The number of nitro benzene ring substituents is 1. The number of nitrogens with zero attached hydrogens (tertiary/aromatic N) is 2. The number of hydrogen-bond donors (Lipinski definition) is 2. The summed E-state index contributed by atoms with van der Waals surface area (Å²) in [5.74, 6) is -0.295. The number of para-hydroxylation sites is 2. The zero-order valence-corrected chi connectivity index (χ0v) is 14.6. The van der Waals surface area contributed by atoms with Crippen LogP contribution < -0.4 is 10.6 Å². The fourth-order valence-electron chi connectivity index (χ4n) is 2.39. The fraction of sp³-hybridized carbons (Fsp3) is 0.158. The smallest absolute Gasteiger partial charge is 0.319 e. The quantitative estimate of drug-likeness (QED) is 0.424. The van der Waals surface area contributed by atoms with Crippen molar-refractivity contribution in [3.63, 3.8) is 0 Å². The van der Waals surface area contributed by atoms with Crippen LogP contribution in [0.25, 0.3) is 0 Å². The summed E-state index contributed by atoms with van der Waals surface area (Å²) in [4.78, 5) is 36.3. The van der Waals surface area contributed by atoms with Crippen molar-refractivity contribution in [2.24, 2.45) is 0 Å². The zero-order chi connectivity index (χ0) is 19.6. The number of benzene rings is 2. The number of anilines is 1. The van der Waals surface area contributed by atoms with Gasteiger partial charge in [-0.3, -0.25) is 14.9 Å². The van der Waals surface area contributed by atoms with Crippen LogP contribution in [-0.4, -0.2) is 34.9 Å². The van der Waals surface area contributed by atoms with Crippen molar-refractivity contribution in [2.75, 3.05) is 18.4 Å². The van der Waals surface area contributed by atoms with Gasteiger partial charge in [0.2, 0.25) is 5.91 Å². The highest BCUT2D eigenvalue weighted by molar-refractivity contribution is 5.94. The maximum atomic E-state index is 12.4. The first-order valence-electron chi connectivity index (χ1n) is 8.22. The highest BCUT2D eigenvalue weighted by Gasteiger charge is 2.17. The number of amides is 3. The predicted octanol–water partition coefficient (Wildman–Crippen LogP) is 2.93. The van der Waals surface area contributed by atoms with Gasteiger partial charge in [0.05, 0.1) is 11.5 Å². The third-order valence-corrected chi connectivity index (χ3v) is 3.67. The van der Waals surface area contributed by atoms with Crippen LogP contribution >= 0.6 is 0 Å². The molecule has 0 heterocycles. The summed E-state index contributed by atoms with van der Waals surface area (Å²) in [6.45, 7) is 4.12. The van der Waals surface area contributed by atoms with Crippen molar-refractivity contribution < 1.29 is 14.5 Å². The van der Waals surface area contributed by atoms with Crippen LogP contribution in [0, 0.1) is 10.1 Å². The molecule has 8 nitrogen and oxygen atoms in total. The van der Waals surface area contributed by atoms with Crippen LogP contribution in [0.5, 0.6) is 0 Å². The Morgan fingerprint density at radius 3 is 2.44 bits per heavy atom. The van der Waals surface area contributed by atoms with E-state index in [0.717, 1.165) is 5.56 Å². The minimum absolute atomic E-state index is 0.0553. The van der Waals surface area contributed by atoms with Crippen molar-refractivity contribution in [3.05, 3.63) is 82.9 Å². The van der Waals surface area contributed by atoms with Crippen LogP contribution in [0.2, 0.25) is 0 Å². The number of rotatable bonds is 8. The molecule has 0 bridgehead atoms. The Kier molecular flexibility index (Phi) is 7.07. The summed E-state index contributed by atoms with van der Waals surface area (Å²) >= 11 is 0. The Balaban J connectivity index is 1.93. The van der Waals surface area contributed by atoms with Gasteiger partial charge in [-0.05, 0) is 11.6 Å². The van der Waals surface area contributed by atoms with E-state index in [1.807, 2.05) is 30.3 Å². The Labute approximate surface area is 156 Å². The molecule has 0 saturated heterocycles. The molecule has 2 aromatic rings. The number of carbonyl (C=O) groups is 2. The number of nitro groups is 1. The second-order valence-electron chi connectivity index (χ2n) is 5.63. The fourth-order valence-corrected chi connectivity index (χ4v) is 2.39. The maximum Gasteiger partial charge on any atom is 0.319 e. The molecule has 140 valence electrons. The third-order valence-electron chi connectivity index (χ3n) is 3.67. The van der Waals surface area contributed by atoms with Gasteiger partial charge in [-0.2, -0.15) is 0 Å². The lowest BCUT2D eigenvalue weighted by Crippen LogP contribution is -2.41. The minimum atomic E-state index is -0.698. The van der Waals surface area contributed by atoms with Crippen LogP contribution in [-0.2, 0) is 11.3 Å². The van der Waals surface area contributed by atoms with E-state index in [0.29, 0.717) is 13.1 Å². The summed E-state index contributed by atoms with van der Waals surface area (Å²) in [7, 11) is 0. The SMILES string of the molecule is C=CCN(Cc1ccccc1)C(=O)CNC(=O)Nc1ccccc1[N+](=O)[O-]. The van der Waals surface area contributed by atoms with Crippen molar-refractivity contribution in [3.8, 4) is 0 Å². The van der Waals surface area contributed by atoms with Gasteiger partial charge in [-0.15, -0.1) is 6.58 Å². The Morgan fingerprint density at radius 2 is 1.78 bits per heavy atom. The molecule has 0 aliphatic rings. The van der Waals surface area contributed by atoms with E-state index in [9.17, 15) is 19.7 Å². The lowest BCUT2D eigenvalue weighted by atomic mass is 10.2. The molecule has 0 unspecified atom stereocenters.